The van der Waals surface area contributed by atoms with Gasteiger partial charge in [0.05, 0.1) is 17.2 Å². The second-order valence-electron chi connectivity index (χ2n) is 9.34. The zero-order valence-electron chi connectivity index (χ0n) is 20.3. The summed E-state index contributed by atoms with van der Waals surface area (Å²) in [5.74, 6) is 0.620. The summed E-state index contributed by atoms with van der Waals surface area (Å²) in [4.78, 5) is 42.1. The molecule has 37 heavy (non-hydrogen) atoms. The van der Waals surface area contributed by atoms with E-state index in [-0.39, 0.29) is 11.8 Å². The van der Waals surface area contributed by atoms with Crippen molar-refractivity contribution in [3.63, 3.8) is 0 Å². The maximum Gasteiger partial charge on any atom is 0.246 e. The lowest BCUT2D eigenvalue weighted by Crippen LogP contribution is -2.46. The van der Waals surface area contributed by atoms with Crippen LogP contribution in [0.15, 0.2) is 73.2 Å². The summed E-state index contributed by atoms with van der Waals surface area (Å²) in [6.45, 7) is 3.58. The minimum absolute atomic E-state index is 0.0785. The van der Waals surface area contributed by atoms with Gasteiger partial charge in [0.15, 0.2) is 0 Å². The van der Waals surface area contributed by atoms with E-state index in [0.717, 1.165) is 54.2 Å². The maximum absolute atomic E-state index is 12.4. The maximum atomic E-state index is 12.4. The molecule has 4 aromatic rings. The first-order valence-corrected chi connectivity index (χ1v) is 12.5. The lowest BCUT2D eigenvalue weighted by Gasteiger charge is -2.36. The number of pyridine rings is 1. The molecule has 2 saturated heterocycles. The topological polar surface area (TPSA) is 103 Å². The monoisotopic (exact) mass is 493 g/mol. The highest BCUT2D eigenvalue weighted by Crippen LogP contribution is 2.26. The number of nitrogens with zero attached hydrogens (tertiary/aromatic N) is 5. The first kappa shape index (κ1) is 22.9. The van der Waals surface area contributed by atoms with Gasteiger partial charge in [-0.05, 0) is 53.9 Å². The molecule has 0 bridgehead atoms. The Balaban J connectivity index is 1.14. The van der Waals surface area contributed by atoms with E-state index in [4.69, 9.17) is 4.98 Å². The van der Waals surface area contributed by atoms with E-state index in [1.54, 1.807) is 0 Å². The van der Waals surface area contributed by atoms with Gasteiger partial charge < -0.3 is 20.4 Å². The highest BCUT2D eigenvalue weighted by atomic mass is 16.2. The molecule has 2 N–H and O–H groups in total. The lowest BCUT2D eigenvalue weighted by atomic mass is 10.0. The molecule has 9 nitrogen and oxygen atoms in total. The smallest absolute Gasteiger partial charge is 0.246 e. The quantitative estimate of drug-likeness (QED) is 0.440. The van der Waals surface area contributed by atoms with Crippen molar-refractivity contribution in [2.75, 3.05) is 41.3 Å². The summed E-state index contributed by atoms with van der Waals surface area (Å²) in [7, 11) is 0. The van der Waals surface area contributed by atoms with Gasteiger partial charge in [-0.15, -0.1) is 0 Å². The van der Waals surface area contributed by atoms with E-state index in [0.29, 0.717) is 18.5 Å². The van der Waals surface area contributed by atoms with Crippen LogP contribution in [0.2, 0.25) is 0 Å². The van der Waals surface area contributed by atoms with E-state index in [2.05, 4.69) is 36.5 Å². The van der Waals surface area contributed by atoms with E-state index < -0.39 is 6.04 Å². The molecule has 0 saturated carbocycles. The first-order chi connectivity index (χ1) is 18.1. The van der Waals surface area contributed by atoms with Crippen molar-refractivity contribution >= 4 is 40.0 Å². The third-order valence-electron chi connectivity index (χ3n) is 6.96. The Labute approximate surface area is 214 Å². The van der Waals surface area contributed by atoms with Crippen molar-refractivity contribution < 1.29 is 9.59 Å². The first-order valence-electron chi connectivity index (χ1n) is 12.5. The standard InChI is InChI=1S/C28H27N7O2/c36-27-8-7-24(33-27)28(37)31-21-4-1-19(2-5-21)20-3-6-23-25(17-20)32-26(18-30-23)35-15-13-34(14-16-35)22-9-11-29-12-10-22/h1-6,9-12,17-18,24H,7-8,13-16H2,(H,31,37)(H,33,36). The molecule has 2 amide bonds. The van der Waals surface area contributed by atoms with Gasteiger partial charge in [0.1, 0.15) is 11.9 Å². The van der Waals surface area contributed by atoms with Crippen LogP contribution in [0.25, 0.3) is 22.2 Å². The fourth-order valence-electron chi connectivity index (χ4n) is 4.87. The molecule has 1 unspecified atom stereocenters. The minimum atomic E-state index is -0.459. The number of hydrogen-bond acceptors (Lipinski definition) is 7. The van der Waals surface area contributed by atoms with Crippen LogP contribution >= 0.6 is 0 Å². The Bertz CT molecular complexity index is 1430. The largest absolute Gasteiger partial charge is 0.368 e. The molecule has 0 spiro atoms. The van der Waals surface area contributed by atoms with Gasteiger partial charge in [-0.1, -0.05) is 18.2 Å². The van der Waals surface area contributed by atoms with Crippen LogP contribution in [-0.2, 0) is 9.59 Å². The predicted octanol–water partition coefficient (Wildman–Crippen LogP) is 3.24. The Hall–Kier alpha value is -4.53. The highest BCUT2D eigenvalue weighted by molar-refractivity contribution is 5.99. The van der Waals surface area contributed by atoms with Gasteiger partial charge in [-0.3, -0.25) is 19.6 Å². The molecule has 2 aromatic carbocycles. The van der Waals surface area contributed by atoms with Crippen LogP contribution in [0.3, 0.4) is 0 Å². The number of fused-ring (bicyclic) bond motifs is 1. The second-order valence-corrected chi connectivity index (χ2v) is 9.34. The van der Waals surface area contributed by atoms with Crippen molar-refractivity contribution in [2.45, 2.75) is 18.9 Å². The van der Waals surface area contributed by atoms with Gasteiger partial charge >= 0.3 is 0 Å². The van der Waals surface area contributed by atoms with Crippen LogP contribution in [-0.4, -0.2) is 59.0 Å². The number of benzene rings is 2. The fraction of sp³-hybridized carbons (Fsp3) is 0.250. The zero-order chi connectivity index (χ0) is 25.2. The number of rotatable bonds is 5. The van der Waals surface area contributed by atoms with Crippen molar-refractivity contribution in [3.05, 3.63) is 73.2 Å². The number of carbonyl (C=O) groups excluding carboxylic acids is 2. The average molecular weight is 494 g/mol. The van der Waals surface area contributed by atoms with Crippen LogP contribution < -0.4 is 20.4 Å². The minimum Gasteiger partial charge on any atom is -0.368 e. The molecular weight excluding hydrogens is 466 g/mol. The van der Waals surface area contributed by atoms with E-state index in [1.807, 2.05) is 67.1 Å². The van der Waals surface area contributed by atoms with Gasteiger partial charge in [-0.25, -0.2) is 4.98 Å². The third kappa shape index (κ3) is 4.93. The number of carbonyl (C=O) groups is 2. The van der Waals surface area contributed by atoms with E-state index in [1.165, 1.54) is 5.69 Å². The molecule has 2 aliphatic rings. The van der Waals surface area contributed by atoms with Crippen LogP contribution in [0.4, 0.5) is 17.2 Å². The number of aromatic nitrogens is 3. The van der Waals surface area contributed by atoms with Gasteiger partial charge in [0.2, 0.25) is 11.8 Å². The number of nitrogens with one attached hydrogen (secondary N) is 2. The molecular formula is C28H27N7O2. The van der Waals surface area contributed by atoms with Crippen LogP contribution in [0.1, 0.15) is 12.8 Å². The normalized spacial score (nSPS) is 17.6. The molecule has 2 aromatic heterocycles. The summed E-state index contributed by atoms with van der Waals surface area (Å²) in [6, 6.07) is 17.4. The number of amides is 2. The Morgan fingerprint density at radius 3 is 2.35 bits per heavy atom. The molecule has 186 valence electrons. The fourth-order valence-corrected chi connectivity index (χ4v) is 4.87. The molecule has 2 aliphatic heterocycles. The van der Waals surface area contributed by atoms with Crippen molar-refractivity contribution in [1.82, 2.24) is 20.3 Å². The van der Waals surface area contributed by atoms with Crippen molar-refractivity contribution in [1.29, 1.82) is 0 Å². The number of anilines is 3. The SMILES string of the molecule is O=C1CCC(C(=O)Nc2ccc(-c3ccc4ncc(N5CCN(c6ccncc6)CC5)nc4c3)cc2)N1. The molecule has 6 rings (SSSR count). The summed E-state index contributed by atoms with van der Waals surface area (Å²) < 4.78 is 0. The predicted molar refractivity (Wildman–Crippen MR) is 143 cm³/mol. The van der Waals surface area contributed by atoms with Crippen LogP contribution in [0, 0.1) is 0 Å². The lowest BCUT2D eigenvalue weighted by molar-refractivity contribution is -0.122. The summed E-state index contributed by atoms with van der Waals surface area (Å²) in [5.41, 5.74) is 5.64. The van der Waals surface area contributed by atoms with Crippen molar-refractivity contribution in [2.24, 2.45) is 0 Å². The molecule has 0 radical (unpaired) electrons. The van der Waals surface area contributed by atoms with Gasteiger partial charge in [-0.2, -0.15) is 0 Å². The Morgan fingerprint density at radius 1 is 0.892 bits per heavy atom. The third-order valence-corrected chi connectivity index (χ3v) is 6.96. The molecule has 9 heteroatoms. The van der Waals surface area contributed by atoms with E-state index >= 15 is 0 Å². The zero-order valence-corrected chi connectivity index (χ0v) is 20.3. The molecule has 1 atom stereocenters. The highest BCUT2D eigenvalue weighted by Gasteiger charge is 2.27. The van der Waals surface area contributed by atoms with Crippen molar-refractivity contribution in [3.8, 4) is 11.1 Å². The molecule has 4 heterocycles. The van der Waals surface area contributed by atoms with Crippen LogP contribution in [0.5, 0.6) is 0 Å². The average Bonchev–Trinajstić information content (AvgIpc) is 3.40. The molecule has 0 aliphatic carbocycles. The summed E-state index contributed by atoms with van der Waals surface area (Å²) in [5, 5.41) is 5.58. The summed E-state index contributed by atoms with van der Waals surface area (Å²) >= 11 is 0. The molecule has 2 fully saturated rings. The Kier molecular flexibility index (Phi) is 6.10. The Morgan fingerprint density at radius 2 is 1.62 bits per heavy atom. The number of hydrogen-bond donors (Lipinski definition) is 2. The van der Waals surface area contributed by atoms with E-state index in [9.17, 15) is 9.59 Å². The second kappa shape index (κ2) is 9.85. The number of piperazine rings is 1. The van der Waals surface area contributed by atoms with Gasteiger partial charge in [0.25, 0.3) is 0 Å². The summed E-state index contributed by atoms with van der Waals surface area (Å²) in [6.07, 6.45) is 6.44. The van der Waals surface area contributed by atoms with Gasteiger partial charge in [0, 0.05) is 56.4 Å².